The fraction of sp³-hybridized carbons (Fsp3) is 0.292. The van der Waals surface area contributed by atoms with Gasteiger partial charge in [-0.2, -0.15) is 23.3 Å². The Morgan fingerprint density at radius 3 is 2.61 bits per heavy atom. The van der Waals surface area contributed by atoms with Crippen molar-refractivity contribution in [3.63, 3.8) is 0 Å². The molecule has 0 aliphatic carbocycles. The first-order valence-electron chi connectivity index (χ1n) is 11.1. The minimum atomic E-state index is -5.14. The van der Waals surface area contributed by atoms with Crippen LogP contribution in [0.4, 0.5) is 27.9 Å². The number of hydrogen-bond acceptors (Lipinski definition) is 6. The maximum Gasteiger partial charge on any atom is 0.419 e. The number of hydrogen-bond donors (Lipinski definition) is 2. The van der Waals surface area contributed by atoms with Crippen LogP contribution in [0.25, 0.3) is 22.3 Å². The van der Waals surface area contributed by atoms with Crippen LogP contribution in [0, 0.1) is 11.6 Å². The summed E-state index contributed by atoms with van der Waals surface area (Å²) in [5.41, 5.74) is -1.33. The molecule has 5 rings (SSSR count). The summed E-state index contributed by atoms with van der Waals surface area (Å²) in [5.74, 6) is -4.95. The molecule has 0 bridgehead atoms. The number of aryl methyl sites for hydroxylation is 1. The van der Waals surface area contributed by atoms with Crippen molar-refractivity contribution in [2.24, 2.45) is 7.05 Å². The summed E-state index contributed by atoms with van der Waals surface area (Å²) in [4.78, 5) is 11.0. The fourth-order valence-corrected chi connectivity index (χ4v) is 4.46. The molecular weight excluding hydrogens is 483 g/mol. The maximum atomic E-state index is 14.7. The monoisotopic (exact) mass is 504 g/mol. The van der Waals surface area contributed by atoms with Gasteiger partial charge in [0.25, 0.3) is 0 Å². The second kappa shape index (κ2) is 9.01. The number of phenols is 1. The lowest BCUT2D eigenvalue weighted by molar-refractivity contribution is -0.140. The van der Waals surface area contributed by atoms with Crippen LogP contribution in [0.5, 0.6) is 5.75 Å². The van der Waals surface area contributed by atoms with Crippen molar-refractivity contribution >= 4 is 17.0 Å². The van der Waals surface area contributed by atoms with Crippen LogP contribution in [0.2, 0.25) is 0 Å². The zero-order chi connectivity index (χ0) is 25.6. The number of alkyl halides is 3. The highest BCUT2D eigenvalue weighted by molar-refractivity contribution is 5.91. The van der Waals surface area contributed by atoms with Gasteiger partial charge in [-0.15, -0.1) is 0 Å². The molecule has 7 nitrogen and oxygen atoms in total. The molecular formula is C24H21F5N6O. The highest BCUT2D eigenvalue weighted by atomic mass is 19.4. The first kappa shape index (κ1) is 23.9. The zero-order valence-corrected chi connectivity index (χ0v) is 19.0. The van der Waals surface area contributed by atoms with E-state index in [0.717, 1.165) is 12.0 Å². The van der Waals surface area contributed by atoms with Gasteiger partial charge in [0.2, 0.25) is 5.95 Å². The molecule has 0 radical (unpaired) electrons. The maximum absolute atomic E-state index is 14.7. The molecule has 3 heterocycles. The minimum absolute atomic E-state index is 0.0483. The van der Waals surface area contributed by atoms with Crippen molar-refractivity contribution < 1.29 is 27.1 Å². The van der Waals surface area contributed by atoms with Crippen LogP contribution in [0.1, 0.15) is 11.1 Å². The Hall–Kier alpha value is -3.80. The average Bonchev–Trinajstić information content (AvgIpc) is 3.18. The van der Waals surface area contributed by atoms with Gasteiger partial charge in [0.1, 0.15) is 5.69 Å². The molecule has 1 fully saturated rings. The van der Waals surface area contributed by atoms with E-state index in [2.05, 4.69) is 20.4 Å². The number of nitrogens with zero attached hydrogens (tertiary/aromatic N) is 5. The number of halogens is 5. The van der Waals surface area contributed by atoms with Crippen molar-refractivity contribution in [1.82, 2.24) is 25.1 Å². The lowest BCUT2D eigenvalue weighted by Crippen LogP contribution is -2.53. The molecule has 4 aromatic rings. The second-order valence-electron chi connectivity index (χ2n) is 8.57. The molecule has 1 aliphatic rings. The predicted octanol–water partition coefficient (Wildman–Crippen LogP) is 4.05. The van der Waals surface area contributed by atoms with Gasteiger partial charge in [-0.05, 0) is 18.1 Å². The third kappa shape index (κ3) is 4.21. The first-order chi connectivity index (χ1) is 17.1. The third-order valence-corrected chi connectivity index (χ3v) is 6.23. The molecule has 0 spiro atoms. The fourth-order valence-electron chi connectivity index (χ4n) is 4.46. The van der Waals surface area contributed by atoms with Gasteiger partial charge >= 0.3 is 6.18 Å². The number of benzene rings is 2. The van der Waals surface area contributed by atoms with E-state index in [1.807, 2.05) is 35.2 Å². The number of aromatic nitrogens is 4. The van der Waals surface area contributed by atoms with E-state index in [-0.39, 0.29) is 22.8 Å². The van der Waals surface area contributed by atoms with Crippen LogP contribution in [0.3, 0.4) is 0 Å². The molecule has 2 aromatic carbocycles. The van der Waals surface area contributed by atoms with Crippen molar-refractivity contribution in [3.8, 4) is 17.0 Å². The SMILES string of the molecule is Cn1nc(-c2cc(C(F)(F)F)c(F)c(O)c2F)c2cnc(N3CCNC[C@H]3Cc3ccccc3)nc21. The minimum Gasteiger partial charge on any atom is -0.503 e. The summed E-state index contributed by atoms with van der Waals surface area (Å²) in [6.45, 7) is 2.04. The number of aromatic hydroxyl groups is 1. The van der Waals surface area contributed by atoms with E-state index in [9.17, 15) is 27.1 Å². The topological polar surface area (TPSA) is 79.1 Å². The van der Waals surface area contributed by atoms with Gasteiger partial charge in [-0.1, -0.05) is 30.3 Å². The van der Waals surface area contributed by atoms with E-state index in [4.69, 9.17) is 0 Å². The Morgan fingerprint density at radius 1 is 1.14 bits per heavy atom. The van der Waals surface area contributed by atoms with Crippen LogP contribution < -0.4 is 10.2 Å². The van der Waals surface area contributed by atoms with Gasteiger partial charge in [-0.3, -0.25) is 0 Å². The molecule has 1 atom stereocenters. The summed E-state index contributed by atoms with van der Waals surface area (Å²) >= 11 is 0. The van der Waals surface area contributed by atoms with Gasteiger partial charge < -0.3 is 15.3 Å². The number of piperazine rings is 1. The summed E-state index contributed by atoms with van der Waals surface area (Å²) in [5, 5.41) is 17.4. The highest BCUT2D eigenvalue weighted by Crippen LogP contribution is 2.41. The van der Waals surface area contributed by atoms with E-state index < -0.39 is 34.7 Å². The quantitative estimate of drug-likeness (QED) is 0.409. The molecule has 1 saturated heterocycles. The molecule has 0 saturated carbocycles. The summed E-state index contributed by atoms with van der Waals surface area (Å²) in [6.07, 6.45) is -3.05. The number of rotatable bonds is 4. The Kier molecular flexibility index (Phi) is 5.99. The van der Waals surface area contributed by atoms with Crippen molar-refractivity contribution in [3.05, 3.63) is 65.4 Å². The van der Waals surface area contributed by atoms with Crippen molar-refractivity contribution in [1.29, 1.82) is 0 Å². The molecule has 1 aliphatic heterocycles. The largest absolute Gasteiger partial charge is 0.503 e. The number of phenolic OH excluding ortho intramolecular Hbond substituents is 1. The predicted molar refractivity (Wildman–Crippen MR) is 122 cm³/mol. The van der Waals surface area contributed by atoms with E-state index in [0.29, 0.717) is 31.6 Å². The Bertz CT molecular complexity index is 1420. The van der Waals surface area contributed by atoms with E-state index >= 15 is 0 Å². The third-order valence-electron chi connectivity index (χ3n) is 6.23. The van der Waals surface area contributed by atoms with Crippen molar-refractivity contribution in [2.45, 2.75) is 18.6 Å². The summed E-state index contributed by atoms with van der Waals surface area (Å²) < 4.78 is 69.8. The lowest BCUT2D eigenvalue weighted by Gasteiger charge is -2.36. The second-order valence-corrected chi connectivity index (χ2v) is 8.57. The number of fused-ring (bicyclic) bond motifs is 1. The molecule has 188 valence electrons. The van der Waals surface area contributed by atoms with Crippen LogP contribution >= 0.6 is 0 Å². The van der Waals surface area contributed by atoms with Gasteiger partial charge in [0.15, 0.2) is 23.0 Å². The average molecular weight is 504 g/mol. The van der Waals surface area contributed by atoms with Gasteiger partial charge in [0.05, 0.1) is 10.9 Å². The molecule has 0 unspecified atom stereocenters. The Balaban J connectivity index is 1.56. The van der Waals surface area contributed by atoms with E-state index in [1.165, 1.54) is 17.9 Å². The molecule has 2 N–H and O–H groups in total. The van der Waals surface area contributed by atoms with E-state index in [1.54, 1.807) is 0 Å². The molecule has 12 heteroatoms. The number of anilines is 1. The Labute approximate surface area is 202 Å². The van der Waals surface area contributed by atoms with Crippen molar-refractivity contribution in [2.75, 3.05) is 24.5 Å². The summed E-state index contributed by atoms with van der Waals surface area (Å²) in [7, 11) is 1.51. The normalized spacial score (nSPS) is 16.6. The molecule has 2 aromatic heterocycles. The first-order valence-corrected chi connectivity index (χ1v) is 11.1. The molecule has 36 heavy (non-hydrogen) atoms. The van der Waals surface area contributed by atoms with Crippen LogP contribution in [0.15, 0.2) is 42.6 Å². The van der Waals surface area contributed by atoms with Crippen LogP contribution in [-0.4, -0.2) is 50.5 Å². The molecule has 0 amide bonds. The zero-order valence-electron chi connectivity index (χ0n) is 19.0. The van der Waals surface area contributed by atoms with Gasteiger partial charge in [0, 0.05) is 44.5 Å². The number of nitrogens with one attached hydrogen (secondary N) is 1. The lowest BCUT2D eigenvalue weighted by atomic mass is 10.0. The highest BCUT2D eigenvalue weighted by Gasteiger charge is 2.38. The Morgan fingerprint density at radius 2 is 1.89 bits per heavy atom. The standard InChI is InChI=1S/C24H21F5N6O/c1-34-22-16(20(33-34)15-10-17(24(27,28)29)19(26)21(36)18(15)25)12-31-23(32-22)35-8-7-30-11-14(35)9-13-5-3-2-4-6-13/h2-6,10,12,14,30,36H,7-9,11H2,1H3/t14-/m1/s1. The smallest absolute Gasteiger partial charge is 0.419 e. The van der Waals surface area contributed by atoms with Crippen LogP contribution in [-0.2, 0) is 19.6 Å². The van der Waals surface area contributed by atoms with Gasteiger partial charge in [-0.25, -0.2) is 18.4 Å². The summed E-state index contributed by atoms with van der Waals surface area (Å²) in [6, 6.07) is 10.3.